The molecule has 1 aliphatic rings. The largest absolute Gasteiger partial charge is 0.485 e. The number of hydrogen-bond donors (Lipinski definition) is 0. The third-order valence-electron chi connectivity index (χ3n) is 2.72. The zero-order chi connectivity index (χ0) is 13.3. The Labute approximate surface area is 108 Å². The summed E-state index contributed by atoms with van der Waals surface area (Å²) in [5.74, 6) is 0.134. The quantitative estimate of drug-likeness (QED) is 0.618. The lowest BCUT2D eigenvalue weighted by Crippen LogP contribution is -2.51. The topological polar surface area (TPSA) is 78.7 Å². The molecule has 0 radical (unpaired) electrons. The van der Waals surface area contributed by atoms with Crippen LogP contribution in [0.2, 0.25) is 5.02 Å². The van der Waals surface area contributed by atoms with E-state index in [-0.39, 0.29) is 28.7 Å². The van der Waals surface area contributed by atoms with Crippen molar-refractivity contribution in [3.05, 3.63) is 33.3 Å². The monoisotopic (exact) mass is 271 g/mol. The smallest absolute Gasteiger partial charge is 0.273 e. The number of rotatable bonds is 4. The number of carbonyl (C=O) groups is 1. The highest BCUT2D eigenvalue weighted by atomic mass is 35.5. The average molecular weight is 272 g/mol. The van der Waals surface area contributed by atoms with Gasteiger partial charge in [-0.05, 0) is 6.07 Å². The third kappa shape index (κ3) is 2.30. The molecule has 1 aromatic rings. The molecule has 0 heterocycles. The van der Waals surface area contributed by atoms with Gasteiger partial charge in [0.05, 0.1) is 16.0 Å². The van der Waals surface area contributed by atoms with Gasteiger partial charge in [0.15, 0.2) is 11.9 Å². The van der Waals surface area contributed by atoms with Gasteiger partial charge in [-0.15, -0.1) is 0 Å². The first-order valence-corrected chi connectivity index (χ1v) is 5.57. The Kier molecular flexibility index (Phi) is 3.49. The number of carbonyl (C=O) groups excluding carboxylic acids is 1. The van der Waals surface area contributed by atoms with Crippen LogP contribution in [0.5, 0.6) is 5.75 Å². The van der Waals surface area contributed by atoms with Crippen molar-refractivity contribution in [3.8, 4) is 5.75 Å². The van der Waals surface area contributed by atoms with E-state index in [1.165, 1.54) is 25.3 Å². The number of hydrogen-bond acceptors (Lipinski definition) is 5. The van der Waals surface area contributed by atoms with Gasteiger partial charge in [-0.1, -0.05) is 11.6 Å². The number of benzene rings is 1. The maximum Gasteiger partial charge on any atom is 0.273 e. The van der Waals surface area contributed by atoms with Gasteiger partial charge in [0, 0.05) is 19.6 Å². The summed E-state index contributed by atoms with van der Waals surface area (Å²) >= 11 is 5.88. The van der Waals surface area contributed by atoms with E-state index in [2.05, 4.69) is 0 Å². The van der Waals surface area contributed by atoms with E-state index in [0.717, 1.165) is 0 Å². The van der Waals surface area contributed by atoms with E-state index in [9.17, 15) is 14.9 Å². The van der Waals surface area contributed by atoms with Crippen LogP contribution in [-0.4, -0.2) is 30.0 Å². The van der Waals surface area contributed by atoms with Crippen LogP contribution in [0.15, 0.2) is 18.2 Å². The summed E-state index contributed by atoms with van der Waals surface area (Å²) in [7, 11) is 1.41. The van der Waals surface area contributed by atoms with E-state index in [0.29, 0.717) is 0 Å². The maximum atomic E-state index is 11.2. The van der Waals surface area contributed by atoms with E-state index in [1.807, 2.05) is 0 Å². The van der Waals surface area contributed by atoms with Crippen LogP contribution in [0, 0.1) is 10.1 Å². The van der Waals surface area contributed by atoms with Crippen LogP contribution in [-0.2, 0) is 9.53 Å². The summed E-state index contributed by atoms with van der Waals surface area (Å²) in [5, 5.41) is 10.9. The van der Waals surface area contributed by atoms with Gasteiger partial charge < -0.3 is 9.47 Å². The Bertz CT molecular complexity index is 504. The highest BCUT2D eigenvalue weighted by molar-refractivity contribution is 6.32. The second kappa shape index (κ2) is 4.91. The van der Waals surface area contributed by atoms with E-state index >= 15 is 0 Å². The number of methoxy groups -OCH3 is 1. The molecule has 6 nitrogen and oxygen atoms in total. The fourth-order valence-corrected chi connectivity index (χ4v) is 1.88. The minimum absolute atomic E-state index is 0.0518. The molecule has 2 atom stereocenters. The minimum atomic E-state index is -0.625. The van der Waals surface area contributed by atoms with Gasteiger partial charge in [-0.3, -0.25) is 14.9 Å². The molecule has 2 unspecified atom stereocenters. The van der Waals surface area contributed by atoms with Gasteiger partial charge in [0.2, 0.25) is 0 Å². The van der Waals surface area contributed by atoms with Gasteiger partial charge in [-0.25, -0.2) is 0 Å². The van der Waals surface area contributed by atoms with Gasteiger partial charge in [0.25, 0.3) is 5.69 Å². The van der Waals surface area contributed by atoms with Crippen molar-refractivity contribution >= 4 is 23.1 Å². The summed E-state index contributed by atoms with van der Waals surface area (Å²) in [4.78, 5) is 21.3. The van der Waals surface area contributed by atoms with Crippen LogP contribution in [0.1, 0.15) is 6.42 Å². The number of nitro groups is 1. The first-order valence-electron chi connectivity index (χ1n) is 5.19. The lowest BCUT2D eigenvalue weighted by Gasteiger charge is -2.33. The van der Waals surface area contributed by atoms with Crippen LogP contribution in [0.25, 0.3) is 0 Å². The second-order valence-electron chi connectivity index (χ2n) is 3.85. The zero-order valence-electron chi connectivity index (χ0n) is 9.46. The first kappa shape index (κ1) is 12.8. The zero-order valence-corrected chi connectivity index (χ0v) is 10.2. The normalized spacial score (nSPS) is 22.4. The second-order valence-corrected chi connectivity index (χ2v) is 4.26. The highest BCUT2D eigenvalue weighted by Gasteiger charge is 2.42. The molecule has 1 aromatic carbocycles. The Morgan fingerprint density at radius 3 is 2.78 bits per heavy atom. The highest BCUT2D eigenvalue weighted by Crippen LogP contribution is 2.33. The molecule has 96 valence electrons. The molecular formula is C11H10ClNO5. The van der Waals surface area contributed by atoms with Crippen molar-refractivity contribution in [1.29, 1.82) is 0 Å². The molecule has 0 aromatic heterocycles. The summed E-state index contributed by atoms with van der Waals surface area (Å²) in [6.07, 6.45) is -0.848. The van der Waals surface area contributed by atoms with Crippen LogP contribution in [0.3, 0.4) is 0 Å². The van der Waals surface area contributed by atoms with Crippen molar-refractivity contribution < 1.29 is 19.2 Å². The summed E-state index contributed by atoms with van der Waals surface area (Å²) in [6, 6.07) is 3.91. The number of ketones is 1. The Hall–Kier alpha value is -1.66. The molecule has 2 rings (SSSR count). The number of nitro benzene ring substituents is 1. The van der Waals surface area contributed by atoms with Crippen molar-refractivity contribution in [3.63, 3.8) is 0 Å². The average Bonchev–Trinajstić information content (AvgIpc) is 2.31. The first-order chi connectivity index (χ1) is 8.52. The third-order valence-corrected chi connectivity index (χ3v) is 3.03. The SMILES string of the molecule is COC1C(=O)CC1Oc1cc([N+](=O)[O-])ccc1Cl. The molecular weight excluding hydrogens is 262 g/mol. The molecule has 7 heteroatoms. The number of non-ortho nitro benzene ring substituents is 1. The molecule has 1 aliphatic carbocycles. The molecule has 18 heavy (non-hydrogen) atoms. The van der Waals surface area contributed by atoms with Crippen molar-refractivity contribution in [2.45, 2.75) is 18.6 Å². The van der Waals surface area contributed by atoms with Gasteiger partial charge >= 0.3 is 0 Å². The minimum Gasteiger partial charge on any atom is -0.485 e. The Balaban J connectivity index is 2.16. The fraction of sp³-hybridized carbons (Fsp3) is 0.364. The van der Waals surface area contributed by atoms with Crippen LogP contribution >= 0.6 is 11.6 Å². The maximum absolute atomic E-state index is 11.2. The fourth-order valence-electron chi connectivity index (χ4n) is 1.71. The number of ether oxygens (including phenoxy) is 2. The van der Waals surface area contributed by atoms with Crippen LogP contribution in [0.4, 0.5) is 5.69 Å². The van der Waals surface area contributed by atoms with Gasteiger partial charge in [0.1, 0.15) is 11.9 Å². The predicted molar refractivity (Wildman–Crippen MR) is 62.9 cm³/mol. The number of halogens is 1. The summed E-state index contributed by atoms with van der Waals surface area (Å²) < 4.78 is 10.4. The molecule has 1 fully saturated rings. The number of Topliss-reactive ketones (excluding diaryl/α,β-unsaturated/α-hetero) is 1. The molecule has 0 saturated heterocycles. The standard InChI is InChI=1S/C11H10ClNO5/c1-17-11-8(14)5-10(11)18-9-4-6(13(15)16)2-3-7(9)12/h2-4,10-11H,5H2,1H3. The molecule has 1 saturated carbocycles. The van der Waals surface area contributed by atoms with E-state index < -0.39 is 17.1 Å². The molecule has 0 spiro atoms. The van der Waals surface area contributed by atoms with Crippen molar-refractivity contribution in [2.75, 3.05) is 7.11 Å². The van der Waals surface area contributed by atoms with E-state index in [4.69, 9.17) is 21.1 Å². The molecule has 0 bridgehead atoms. The van der Waals surface area contributed by atoms with Gasteiger partial charge in [-0.2, -0.15) is 0 Å². The lowest BCUT2D eigenvalue weighted by atomic mass is 9.90. The molecule has 0 amide bonds. The van der Waals surface area contributed by atoms with E-state index in [1.54, 1.807) is 0 Å². The van der Waals surface area contributed by atoms with Crippen molar-refractivity contribution in [1.82, 2.24) is 0 Å². The predicted octanol–water partition coefficient (Wildman–Crippen LogP) is 1.98. The Morgan fingerprint density at radius 1 is 1.50 bits per heavy atom. The molecule has 0 aliphatic heterocycles. The lowest BCUT2D eigenvalue weighted by molar-refractivity contribution is -0.385. The summed E-state index contributed by atoms with van der Waals surface area (Å²) in [6.45, 7) is 0. The molecule has 0 N–H and O–H groups in total. The van der Waals surface area contributed by atoms with Crippen molar-refractivity contribution in [2.24, 2.45) is 0 Å². The van der Waals surface area contributed by atoms with Crippen LogP contribution < -0.4 is 4.74 Å². The summed E-state index contributed by atoms with van der Waals surface area (Å²) in [5.41, 5.74) is -0.117. The Morgan fingerprint density at radius 2 is 2.22 bits per heavy atom. The number of nitrogens with zero attached hydrogens (tertiary/aromatic N) is 1.